The van der Waals surface area contributed by atoms with Crippen LogP contribution in [-0.4, -0.2) is 45.8 Å². The molecule has 0 atom stereocenters. The van der Waals surface area contributed by atoms with E-state index in [9.17, 15) is 14.0 Å². The first kappa shape index (κ1) is 17.6. The van der Waals surface area contributed by atoms with Crippen LogP contribution in [0.25, 0.3) is 0 Å². The number of nitrogens with zero attached hydrogens (tertiary/aromatic N) is 3. The predicted molar refractivity (Wildman–Crippen MR) is 96.5 cm³/mol. The second kappa shape index (κ2) is 7.06. The third-order valence-corrected chi connectivity index (χ3v) is 5.67. The molecule has 1 saturated heterocycles. The van der Waals surface area contributed by atoms with Gasteiger partial charge < -0.3 is 10.2 Å². The second-order valence-electron chi connectivity index (χ2n) is 7.47. The summed E-state index contributed by atoms with van der Waals surface area (Å²) in [7, 11) is 0. The topological polar surface area (TPSA) is 75.2 Å². The van der Waals surface area contributed by atoms with Crippen molar-refractivity contribution in [2.45, 2.75) is 31.7 Å². The lowest BCUT2D eigenvalue weighted by atomic mass is 9.60. The molecule has 1 aromatic carbocycles. The third-order valence-electron chi connectivity index (χ3n) is 5.67. The third kappa shape index (κ3) is 3.67. The molecule has 27 heavy (non-hydrogen) atoms. The van der Waals surface area contributed by atoms with Crippen LogP contribution in [0, 0.1) is 11.2 Å². The summed E-state index contributed by atoms with van der Waals surface area (Å²) in [6.07, 6.45) is 8.15. The van der Waals surface area contributed by atoms with E-state index in [2.05, 4.69) is 15.3 Å². The minimum absolute atomic E-state index is 0.115. The van der Waals surface area contributed by atoms with Gasteiger partial charge in [-0.25, -0.2) is 9.37 Å². The highest BCUT2D eigenvalue weighted by atomic mass is 19.1. The lowest BCUT2D eigenvalue weighted by Gasteiger charge is -2.52. The summed E-state index contributed by atoms with van der Waals surface area (Å²) < 4.78 is 13.3. The van der Waals surface area contributed by atoms with Crippen molar-refractivity contribution in [2.75, 3.05) is 13.1 Å². The Hall–Kier alpha value is -2.83. The van der Waals surface area contributed by atoms with Crippen LogP contribution in [0.4, 0.5) is 4.39 Å². The maximum Gasteiger partial charge on any atom is 0.271 e. The molecule has 2 aromatic rings. The van der Waals surface area contributed by atoms with E-state index < -0.39 is 5.82 Å². The number of halogens is 1. The van der Waals surface area contributed by atoms with Crippen LogP contribution in [0.15, 0.2) is 42.9 Å². The van der Waals surface area contributed by atoms with Crippen LogP contribution in [0.2, 0.25) is 0 Å². The van der Waals surface area contributed by atoms with E-state index in [4.69, 9.17) is 0 Å². The lowest BCUT2D eigenvalue weighted by Crippen LogP contribution is -2.55. The maximum atomic E-state index is 13.3. The fourth-order valence-corrected chi connectivity index (χ4v) is 4.16. The SMILES string of the molecule is O=C(NC1CC2(CCN(C(=O)c3cccc(F)c3)CC2)C1)c1cnccn1. The van der Waals surface area contributed by atoms with Gasteiger partial charge in [0.05, 0.1) is 6.20 Å². The molecule has 2 aliphatic rings. The first-order valence-corrected chi connectivity index (χ1v) is 9.16. The number of carbonyl (C=O) groups is 2. The molecule has 140 valence electrons. The number of benzene rings is 1. The first-order chi connectivity index (χ1) is 13.0. The average molecular weight is 368 g/mol. The molecule has 7 heteroatoms. The first-order valence-electron chi connectivity index (χ1n) is 9.16. The zero-order valence-corrected chi connectivity index (χ0v) is 14.9. The molecule has 0 radical (unpaired) electrons. The average Bonchev–Trinajstić information content (AvgIpc) is 2.67. The van der Waals surface area contributed by atoms with Gasteiger partial charge in [-0.1, -0.05) is 6.07 Å². The molecule has 6 nitrogen and oxygen atoms in total. The molecular weight excluding hydrogens is 347 g/mol. The number of aromatic nitrogens is 2. The summed E-state index contributed by atoms with van der Waals surface area (Å²) in [5.41, 5.74) is 0.918. The number of rotatable bonds is 3. The van der Waals surface area contributed by atoms with Crippen molar-refractivity contribution in [1.82, 2.24) is 20.2 Å². The summed E-state index contributed by atoms with van der Waals surface area (Å²) in [5, 5.41) is 3.01. The van der Waals surface area contributed by atoms with Crippen LogP contribution in [-0.2, 0) is 0 Å². The van der Waals surface area contributed by atoms with Gasteiger partial charge in [-0.05, 0) is 49.3 Å². The molecule has 2 amide bonds. The molecule has 1 saturated carbocycles. The van der Waals surface area contributed by atoms with E-state index in [-0.39, 0.29) is 23.3 Å². The molecule has 1 N–H and O–H groups in total. The van der Waals surface area contributed by atoms with Gasteiger partial charge in [-0.3, -0.25) is 14.6 Å². The Bertz CT molecular complexity index is 842. The Morgan fingerprint density at radius 3 is 2.63 bits per heavy atom. The van der Waals surface area contributed by atoms with Crippen molar-refractivity contribution in [3.63, 3.8) is 0 Å². The van der Waals surface area contributed by atoms with E-state index in [1.807, 2.05) is 0 Å². The van der Waals surface area contributed by atoms with E-state index in [1.165, 1.54) is 30.7 Å². The highest BCUT2D eigenvalue weighted by Gasteiger charge is 2.46. The number of hydrogen-bond donors (Lipinski definition) is 1. The quantitative estimate of drug-likeness (QED) is 0.903. The van der Waals surface area contributed by atoms with Crippen LogP contribution >= 0.6 is 0 Å². The summed E-state index contributed by atoms with van der Waals surface area (Å²) in [6.45, 7) is 1.33. The number of nitrogens with one attached hydrogen (secondary N) is 1. The van der Waals surface area contributed by atoms with Gasteiger partial charge in [-0.2, -0.15) is 0 Å². The van der Waals surface area contributed by atoms with Crippen molar-refractivity contribution >= 4 is 11.8 Å². The van der Waals surface area contributed by atoms with E-state index in [0.29, 0.717) is 24.3 Å². The van der Waals surface area contributed by atoms with E-state index in [0.717, 1.165) is 25.7 Å². The van der Waals surface area contributed by atoms with Crippen molar-refractivity contribution in [3.05, 3.63) is 59.9 Å². The zero-order chi connectivity index (χ0) is 18.9. The number of carbonyl (C=O) groups excluding carboxylic acids is 2. The Morgan fingerprint density at radius 1 is 1.19 bits per heavy atom. The van der Waals surface area contributed by atoms with Crippen molar-refractivity contribution in [2.24, 2.45) is 5.41 Å². The molecule has 0 unspecified atom stereocenters. The van der Waals surface area contributed by atoms with Gasteiger partial charge in [0.25, 0.3) is 11.8 Å². The zero-order valence-electron chi connectivity index (χ0n) is 14.9. The highest BCUT2D eigenvalue weighted by molar-refractivity contribution is 5.94. The molecule has 2 fully saturated rings. The standard InChI is InChI=1S/C20H21FN4O2/c21-15-3-1-2-14(10-15)19(27)25-8-4-20(5-9-25)11-16(12-20)24-18(26)17-13-22-6-7-23-17/h1-3,6-7,10,13,16H,4-5,8-9,11-12H2,(H,24,26). The summed E-state index contributed by atoms with van der Waals surface area (Å²) in [5.74, 6) is -0.701. The monoisotopic (exact) mass is 368 g/mol. The van der Waals surface area contributed by atoms with Crippen molar-refractivity contribution < 1.29 is 14.0 Å². The van der Waals surface area contributed by atoms with E-state index in [1.54, 1.807) is 17.0 Å². The molecule has 2 heterocycles. The Morgan fingerprint density at radius 2 is 1.96 bits per heavy atom. The molecule has 1 aromatic heterocycles. The normalized spacial score (nSPS) is 18.8. The molecule has 4 rings (SSSR count). The lowest BCUT2D eigenvalue weighted by molar-refractivity contribution is 0.00855. The van der Waals surface area contributed by atoms with Crippen LogP contribution < -0.4 is 5.32 Å². The fourth-order valence-electron chi connectivity index (χ4n) is 4.16. The highest BCUT2D eigenvalue weighted by Crippen LogP contribution is 2.49. The van der Waals surface area contributed by atoms with Crippen molar-refractivity contribution in [1.29, 1.82) is 0 Å². The van der Waals surface area contributed by atoms with Crippen molar-refractivity contribution in [3.8, 4) is 0 Å². The Balaban J connectivity index is 1.28. The molecule has 1 spiro atoms. The van der Waals surface area contributed by atoms with Crippen LogP contribution in [0.1, 0.15) is 46.5 Å². The number of amides is 2. The number of likely N-dealkylation sites (tertiary alicyclic amines) is 1. The second-order valence-corrected chi connectivity index (χ2v) is 7.47. The summed E-state index contributed by atoms with van der Waals surface area (Å²) in [4.78, 5) is 34.4. The van der Waals surface area contributed by atoms with Gasteiger partial charge in [0.15, 0.2) is 0 Å². The van der Waals surface area contributed by atoms with Gasteiger partial charge in [0.1, 0.15) is 11.5 Å². The predicted octanol–water partition coefficient (Wildman–Crippen LogP) is 2.43. The molecular formula is C20H21FN4O2. The van der Waals surface area contributed by atoms with Crippen LogP contribution in [0.5, 0.6) is 0 Å². The molecule has 0 bridgehead atoms. The summed E-state index contributed by atoms with van der Waals surface area (Å²) in [6, 6.07) is 5.98. The number of hydrogen-bond acceptors (Lipinski definition) is 4. The maximum absolute atomic E-state index is 13.3. The minimum atomic E-state index is -0.394. The summed E-state index contributed by atoms with van der Waals surface area (Å²) >= 11 is 0. The van der Waals surface area contributed by atoms with E-state index >= 15 is 0 Å². The van der Waals surface area contributed by atoms with Gasteiger partial charge >= 0.3 is 0 Å². The minimum Gasteiger partial charge on any atom is -0.348 e. The Kier molecular flexibility index (Phi) is 4.59. The van der Waals surface area contributed by atoms with Gasteiger partial charge in [0.2, 0.25) is 0 Å². The largest absolute Gasteiger partial charge is 0.348 e. The Labute approximate surface area is 156 Å². The smallest absolute Gasteiger partial charge is 0.271 e. The molecule has 1 aliphatic carbocycles. The molecule has 1 aliphatic heterocycles. The fraction of sp³-hybridized carbons (Fsp3) is 0.400. The van der Waals surface area contributed by atoms with Gasteiger partial charge in [-0.15, -0.1) is 0 Å². The number of piperidine rings is 1. The van der Waals surface area contributed by atoms with Gasteiger partial charge in [0, 0.05) is 37.1 Å². The van der Waals surface area contributed by atoms with Crippen LogP contribution in [0.3, 0.4) is 0 Å².